The molecule has 1 aliphatic heterocycles. The summed E-state index contributed by atoms with van der Waals surface area (Å²) in [4.78, 5) is 13.5. The lowest BCUT2D eigenvalue weighted by molar-refractivity contribution is -0.143. The monoisotopic (exact) mass is 625 g/mol. The summed E-state index contributed by atoms with van der Waals surface area (Å²) in [5, 5.41) is 10.3. The summed E-state index contributed by atoms with van der Waals surface area (Å²) in [7, 11) is -2.00. The highest BCUT2D eigenvalue weighted by molar-refractivity contribution is 7.91. The molecule has 1 fully saturated rings. The molecule has 1 saturated heterocycles. The first-order chi connectivity index (χ1) is 19.5. The van der Waals surface area contributed by atoms with Gasteiger partial charge in [0.25, 0.3) is 0 Å². The van der Waals surface area contributed by atoms with Crippen molar-refractivity contribution in [2.24, 2.45) is 0 Å². The molecule has 0 unspecified atom stereocenters. The maximum atomic E-state index is 14.0. The van der Waals surface area contributed by atoms with E-state index >= 15 is 0 Å². The quantitative estimate of drug-likeness (QED) is 0.211. The van der Waals surface area contributed by atoms with Crippen LogP contribution in [0.3, 0.4) is 0 Å². The van der Waals surface area contributed by atoms with E-state index in [-0.39, 0.29) is 55.4 Å². The number of nitrogens with zero attached hydrogens (tertiary/aromatic N) is 1. The molecule has 0 bridgehead atoms. The molecule has 0 spiro atoms. The third-order valence-electron chi connectivity index (χ3n) is 6.22. The van der Waals surface area contributed by atoms with Gasteiger partial charge in [-0.15, -0.1) is 0 Å². The molecule has 0 radical (unpaired) electrons. The second-order valence-corrected chi connectivity index (χ2v) is 11.5. The Balaban J connectivity index is 1.91. The predicted octanol–water partition coefficient (Wildman–Crippen LogP) is 5.67. The van der Waals surface area contributed by atoms with Gasteiger partial charge in [0.1, 0.15) is 5.82 Å². The van der Waals surface area contributed by atoms with Gasteiger partial charge in [0.15, 0.2) is 15.6 Å². The van der Waals surface area contributed by atoms with Crippen molar-refractivity contribution in [3.63, 3.8) is 0 Å². The topological polar surface area (TPSA) is 109 Å². The largest absolute Gasteiger partial charge is 0.420 e. The SMILES string of the molecule is CN(C(=O)Oc1c(/C(C=N)=C/NCCOC2CCS(=O)(=O)CC2)cc(C(F)(F)F)cc1C(F)(F)F)c1ccc(F)cc1. The number of amides is 1. The minimum Gasteiger partial charge on any atom is -0.409 e. The maximum Gasteiger partial charge on any atom is 0.420 e. The van der Waals surface area contributed by atoms with Crippen LogP contribution in [0.1, 0.15) is 29.5 Å². The zero-order chi connectivity index (χ0) is 31.3. The Kier molecular flexibility index (Phi) is 10.3. The van der Waals surface area contributed by atoms with Crippen molar-refractivity contribution in [1.82, 2.24) is 5.32 Å². The molecular weight excluding hydrogens is 599 g/mol. The summed E-state index contributed by atoms with van der Waals surface area (Å²) in [6.07, 6.45) is -10.3. The highest BCUT2D eigenvalue weighted by Crippen LogP contribution is 2.44. The lowest BCUT2D eigenvalue weighted by Crippen LogP contribution is -2.31. The van der Waals surface area contributed by atoms with Gasteiger partial charge in [-0.1, -0.05) is 0 Å². The van der Waals surface area contributed by atoms with Gasteiger partial charge in [-0.3, -0.25) is 4.90 Å². The van der Waals surface area contributed by atoms with Gasteiger partial charge in [-0.25, -0.2) is 17.6 Å². The number of ether oxygens (including phenoxy) is 2. The second-order valence-electron chi connectivity index (χ2n) is 9.22. The molecule has 0 aromatic heterocycles. The van der Waals surface area contributed by atoms with Crippen LogP contribution in [0.5, 0.6) is 5.75 Å². The summed E-state index contributed by atoms with van der Waals surface area (Å²) < 4.78 is 130. The number of hydrogen-bond acceptors (Lipinski definition) is 7. The van der Waals surface area contributed by atoms with Crippen molar-refractivity contribution >= 4 is 33.4 Å². The van der Waals surface area contributed by atoms with Crippen molar-refractivity contribution in [3.8, 4) is 5.75 Å². The van der Waals surface area contributed by atoms with E-state index in [1.165, 1.54) is 0 Å². The van der Waals surface area contributed by atoms with Crippen LogP contribution in [0, 0.1) is 11.2 Å². The smallest absolute Gasteiger partial charge is 0.409 e. The molecule has 230 valence electrons. The number of nitrogens with one attached hydrogen (secondary N) is 2. The minimum atomic E-state index is -5.40. The van der Waals surface area contributed by atoms with E-state index < -0.39 is 62.1 Å². The molecule has 16 heteroatoms. The number of sulfone groups is 1. The number of carbonyl (C=O) groups is 1. The molecule has 2 aromatic rings. The molecule has 2 N–H and O–H groups in total. The second kappa shape index (κ2) is 13.1. The van der Waals surface area contributed by atoms with E-state index in [1.807, 2.05) is 0 Å². The van der Waals surface area contributed by atoms with Crippen LogP contribution in [0.25, 0.3) is 5.57 Å². The molecule has 0 aliphatic carbocycles. The van der Waals surface area contributed by atoms with E-state index in [0.717, 1.165) is 42.4 Å². The molecule has 1 amide bonds. The summed E-state index contributed by atoms with van der Waals surface area (Å²) in [5.74, 6) is -1.99. The van der Waals surface area contributed by atoms with E-state index in [4.69, 9.17) is 14.9 Å². The summed E-state index contributed by atoms with van der Waals surface area (Å²) in [6.45, 7) is 0.0291. The van der Waals surface area contributed by atoms with E-state index in [1.54, 1.807) is 0 Å². The first-order valence-corrected chi connectivity index (χ1v) is 14.1. The van der Waals surface area contributed by atoms with Gasteiger partial charge < -0.3 is 20.2 Å². The average Bonchev–Trinajstić information content (AvgIpc) is 2.90. The first kappa shape index (κ1) is 32.8. The Bertz CT molecular complexity index is 1410. The van der Waals surface area contributed by atoms with Crippen molar-refractivity contribution in [3.05, 3.63) is 65.1 Å². The Morgan fingerprint density at radius 3 is 2.24 bits per heavy atom. The van der Waals surface area contributed by atoms with E-state index in [0.29, 0.717) is 12.3 Å². The standard InChI is InChI=1S/C26H26F7N3O5S/c1-36(19-4-2-18(27)3-5-19)24(37)41-23-21(12-17(25(28,29)30)13-22(23)26(31,32)33)16(14-34)15-35-8-9-40-20-6-10-42(38,39)11-7-20/h2-5,12-15,20,34-35H,6-11H2,1H3/b16-15+,34-14?. The third-order valence-corrected chi connectivity index (χ3v) is 7.94. The zero-order valence-corrected chi connectivity index (χ0v) is 22.8. The van der Waals surface area contributed by atoms with Gasteiger partial charge in [0, 0.05) is 42.8 Å². The highest BCUT2D eigenvalue weighted by atomic mass is 32.2. The van der Waals surface area contributed by atoms with Crippen molar-refractivity contribution in [1.29, 1.82) is 5.41 Å². The third kappa shape index (κ3) is 8.67. The van der Waals surface area contributed by atoms with Crippen LogP contribution in [-0.4, -0.2) is 58.5 Å². The number of allylic oxidation sites excluding steroid dienone is 1. The molecule has 42 heavy (non-hydrogen) atoms. The van der Waals surface area contributed by atoms with Crippen LogP contribution in [0.15, 0.2) is 42.6 Å². The Morgan fingerprint density at radius 1 is 1.07 bits per heavy atom. The van der Waals surface area contributed by atoms with Crippen LogP contribution in [-0.2, 0) is 26.9 Å². The summed E-state index contributed by atoms with van der Waals surface area (Å²) in [6, 6.07) is 4.35. The van der Waals surface area contributed by atoms with Crippen molar-refractivity contribution in [2.45, 2.75) is 31.3 Å². The number of halogens is 7. The van der Waals surface area contributed by atoms with Crippen molar-refractivity contribution < 1.29 is 53.4 Å². The fourth-order valence-electron chi connectivity index (χ4n) is 3.95. The van der Waals surface area contributed by atoms with Gasteiger partial charge >= 0.3 is 18.4 Å². The van der Waals surface area contributed by atoms with Crippen molar-refractivity contribution in [2.75, 3.05) is 36.6 Å². The van der Waals surface area contributed by atoms with Crippen LogP contribution < -0.4 is 15.0 Å². The van der Waals surface area contributed by atoms with Gasteiger partial charge in [-0.05, 0) is 49.2 Å². The number of alkyl halides is 6. The normalized spacial score (nSPS) is 16.1. The molecular formula is C26H26F7N3O5S. The summed E-state index contributed by atoms with van der Waals surface area (Å²) in [5.41, 5.74) is -4.92. The first-order valence-electron chi connectivity index (χ1n) is 12.3. The molecule has 0 atom stereocenters. The molecule has 3 rings (SSSR count). The molecule has 0 saturated carbocycles. The van der Waals surface area contributed by atoms with Gasteiger partial charge in [0.05, 0.1) is 35.3 Å². The fraction of sp³-hybridized carbons (Fsp3) is 0.385. The highest BCUT2D eigenvalue weighted by Gasteiger charge is 2.41. The number of benzene rings is 2. The molecule has 2 aromatic carbocycles. The Morgan fingerprint density at radius 2 is 1.69 bits per heavy atom. The minimum absolute atomic E-state index is 0.00804. The molecule has 1 heterocycles. The zero-order valence-electron chi connectivity index (χ0n) is 22.0. The van der Waals surface area contributed by atoms with Gasteiger partial charge in [0.2, 0.25) is 0 Å². The average molecular weight is 626 g/mol. The van der Waals surface area contributed by atoms with Crippen LogP contribution >= 0.6 is 0 Å². The van der Waals surface area contributed by atoms with Crippen LogP contribution in [0.2, 0.25) is 0 Å². The van der Waals surface area contributed by atoms with E-state index in [2.05, 4.69) is 5.32 Å². The number of carbonyl (C=O) groups excluding carboxylic acids is 1. The number of rotatable bonds is 9. The van der Waals surface area contributed by atoms with Crippen LogP contribution in [0.4, 0.5) is 41.2 Å². The lowest BCUT2D eigenvalue weighted by atomic mass is 9.98. The number of hydrogen-bond donors (Lipinski definition) is 2. The maximum absolute atomic E-state index is 14.0. The van der Waals surface area contributed by atoms with Gasteiger partial charge in [-0.2, -0.15) is 26.3 Å². The molecule has 1 aliphatic rings. The summed E-state index contributed by atoms with van der Waals surface area (Å²) >= 11 is 0. The molecule has 8 nitrogen and oxygen atoms in total. The Hall–Kier alpha value is -3.66. The Labute approximate surface area is 236 Å². The predicted molar refractivity (Wildman–Crippen MR) is 140 cm³/mol. The lowest BCUT2D eigenvalue weighted by Gasteiger charge is -2.23. The fourth-order valence-corrected chi connectivity index (χ4v) is 5.40. The van der Waals surface area contributed by atoms with E-state index in [9.17, 15) is 43.9 Å². The number of anilines is 1.